The van der Waals surface area contributed by atoms with E-state index in [-0.39, 0.29) is 11.8 Å². The molecule has 0 radical (unpaired) electrons. The second-order valence-corrected chi connectivity index (χ2v) is 6.43. The molecule has 1 fully saturated rings. The summed E-state index contributed by atoms with van der Waals surface area (Å²) in [6, 6.07) is -1.15. The number of likely N-dealkylation sites (N-methyl/N-ethyl adjacent to an activating group) is 1. The normalized spacial score (nSPS) is 20.6. The predicted octanol–water partition coefficient (Wildman–Crippen LogP) is 0.356. The van der Waals surface area contributed by atoms with E-state index in [0.717, 1.165) is 6.42 Å². The van der Waals surface area contributed by atoms with Crippen LogP contribution in [0.15, 0.2) is 0 Å². The molecular formula is C14H25N3O3. The average molecular weight is 283 g/mol. The molecule has 0 aromatic rings. The summed E-state index contributed by atoms with van der Waals surface area (Å²) < 4.78 is 0. The first kappa shape index (κ1) is 16.5. The number of rotatable bonds is 3. The number of likely N-dealkylation sites (tertiary alicyclic amines) is 1. The van der Waals surface area contributed by atoms with Crippen molar-refractivity contribution in [2.45, 2.75) is 52.6 Å². The lowest BCUT2D eigenvalue weighted by atomic mass is 9.94. The summed E-state index contributed by atoms with van der Waals surface area (Å²) in [6.07, 6.45) is 1.44. The van der Waals surface area contributed by atoms with Gasteiger partial charge in [-0.25, -0.2) is 0 Å². The van der Waals surface area contributed by atoms with E-state index in [0.29, 0.717) is 13.0 Å². The van der Waals surface area contributed by atoms with Gasteiger partial charge < -0.3 is 15.5 Å². The standard InChI is InChI=1S/C14H25N3O3/c1-9(11(15)18)16(5)12(19)10-7-6-8-17(10)13(20)14(2,3)4/h9-10H,6-8H2,1-5H3,(H2,15,18)/t9-,10-/m0/s1. The van der Waals surface area contributed by atoms with Crippen molar-refractivity contribution in [1.29, 1.82) is 0 Å². The fourth-order valence-corrected chi connectivity index (χ4v) is 2.31. The lowest BCUT2D eigenvalue weighted by molar-refractivity contribution is -0.149. The molecule has 1 rings (SSSR count). The van der Waals surface area contributed by atoms with E-state index in [9.17, 15) is 14.4 Å². The van der Waals surface area contributed by atoms with Crippen LogP contribution in [0.1, 0.15) is 40.5 Å². The molecule has 0 aromatic heterocycles. The van der Waals surface area contributed by atoms with Gasteiger partial charge in [0.15, 0.2) is 0 Å². The van der Waals surface area contributed by atoms with E-state index in [1.807, 2.05) is 20.8 Å². The minimum absolute atomic E-state index is 0.0338. The van der Waals surface area contributed by atoms with Gasteiger partial charge >= 0.3 is 0 Å². The number of amides is 3. The summed E-state index contributed by atoms with van der Waals surface area (Å²) in [5.74, 6) is -0.799. The Morgan fingerprint density at radius 1 is 1.30 bits per heavy atom. The van der Waals surface area contributed by atoms with Gasteiger partial charge in [-0.05, 0) is 19.8 Å². The van der Waals surface area contributed by atoms with Crippen molar-refractivity contribution < 1.29 is 14.4 Å². The van der Waals surface area contributed by atoms with E-state index in [2.05, 4.69) is 0 Å². The van der Waals surface area contributed by atoms with E-state index in [4.69, 9.17) is 5.73 Å². The molecule has 0 aliphatic carbocycles. The van der Waals surface area contributed by atoms with E-state index in [1.165, 1.54) is 4.90 Å². The van der Waals surface area contributed by atoms with Gasteiger partial charge in [-0.3, -0.25) is 14.4 Å². The Morgan fingerprint density at radius 2 is 1.85 bits per heavy atom. The second kappa shape index (κ2) is 5.81. The molecule has 20 heavy (non-hydrogen) atoms. The first-order chi connectivity index (χ1) is 9.07. The summed E-state index contributed by atoms with van der Waals surface area (Å²) in [6.45, 7) is 7.69. The zero-order valence-electron chi connectivity index (χ0n) is 13.0. The van der Waals surface area contributed by atoms with Crippen molar-refractivity contribution in [3.05, 3.63) is 0 Å². The van der Waals surface area contributed by atoms with Crippen LogP contribution in [0.4, 0.5) is 0 Å². The van der Waals surface area contributed by atoms with Gasteiger partial charge in [-0.15, -0.1) is 0 Å². The van der Waals surface area contributed by atoms with Crippen LogP contribution in [-0.4, -0.2) is 53.2 Å². The summed E-state index contributed by atoms with van der Waals surface area (Å²) >= 11 is 0. The number of hydrogen-bond acceptors (Lipinski definition) is 3. The molecule has 0 bridgehead atoms. The van der Waals surface area contributed by atoms with Gasteiger partial charge in [0.2, 0.25) is 17.7 Å². The van der Waals surface area contributed by atoms with Crippen LogP contribution in [0, 0.1) is 5.41 Å². The Labute approximate surface area is 120 Å². The summed E-state index contributed by atoms with van der Waals surface area (Å²) in [5, 5.41) is 0. The third kappa shape index (κ3) is 3.29. The first-order valence-corrected chi connectivity index (χ1v) is 6.94. The van der Waals surface area contributed by atoms with E-state index in [1.54, 1.807) is 18.9 Å². The average Bonchev–Trinajstić information content (AvgIpc) is 2.82. The SMILES string of the molecule is C[C@@H](C(N)=O)N(C)C(=O)[C@@H]1CCCN1C(=O)C(C)(C)C. The minimum atomic E-state index is -0.672. The zero-order valence-corrected chi connectivity index (χ0v) is 13.0. The Kier molecular flexibility index (Phi) is 4.78. The number of carbonyl (C=O) groups is 3. The van der Waals surface area contributed by atoms with Gasteiger partial charge in [0.1, 0.15) is 12.1 Å². The molecular weight excluding hydrogens is 258 g/mol. The predicted molar refractivity (Wildman–Crippen MR) is 75.6 cm³/mol. The third-order valence-corrected chi connectivity index (χ3v) is 3.78. The monoisotopic (exact) mass is 283 g/mol. The Hall–Kier alpha value is -1.59. The topological polar surface area (TPSA) is 83.7 Å². The Morgan fingerprint density at radius 3 is 2.30 bits per heavy atom. The van der Waals surface area contributed by atoms with Crippen molar-refractivity contribution in [2.75, 3.05) is 13.6 Å². The van der Waals surface area contributed by atoms with Gasteiger partial charge in [0.05, 0.1) is 0 Å². The Bertz CT molecular complexity index is 414. The van der Waals surface area contributed by atoms with Gasteiger partial charge in [0.25, 0.3) is 0 Å². The highest BCUT2D eigenvalue weighted by Crippen LogP contribution is 2.26. The van der Waals surface area contributed by atoms with Crippen molar-refractivity contribution in [3.63, 3.8) is 0 Å². The van der Waals surface area contributed by atoms with Crippen molar-refractivity contribution in [3.8, 4) is 0 Å². The summed E-state index contributed by atoms with van der Waals surface area (Å²) in [4.78, 5) is 39.0. The molecule has 2 atom stereocenters. The molecule has 1 aliphatic rings. The first-order valence-electron chi connectivity index (χ1n) is 6.94. The number of hydrogen-bond donors (Lipinski definition) is 1. The molecule has 6 nitrogen and oxygen atoms in total. The van der Waals surface area contributed by atoms with E-state index < -0.39 is 23.4 Å². The fourth-order valence-electron chi connectivity index (χ4n) is 2.31. The quantitative estimate of drug-likeness (QED) is 0.811. The molecule has 1 heterocycles. The number of nitrogens with two attached hydrogens (primary N) is 1. The van der Waals surface area contributed by atoms with Crippen LogP contribution < -0.4 is 5.73 Å². The zero-order chi connectivity index (χ0) is 15.7. The lowest BCUT2D eigenvalue weighted by Crippen LogP contribution is -2.53. The van der Waals surface area contributed by atoms with Crippen LogP contribution in [0.5, 0.6) is 0 Å². The smallest absolute Gasteiger partial charge is 0.245 e. The number of primary amides is 1. The fraction of sp³-hybridized carbons (Fsp3) is 0.786. The number of carbonyl (C=O) groups excluding carboxylic acids is 3. The third-order valence-electron chi connectivity index (χ3n) is 3.78. The van der Waals surface area contributed by atoms with Crippen LogP contribution in [0.25, 0.3) is 0 Å². The highest BCUT2D eigenvalue weighted by molar-refractivity contribution is 5.92. The highest BCUT2D eigenvalue weighted by Gasteiger charge is 2.40. The van der Waals surface area contributed by atoms with Crippen LogP contribution >= 0.6 is 0 Å². The molecule has 1 aliphatic heterocycles. The molecule has 1 saturated heterocycles. The summed E-state index contributed by atoms with van der Waals surface area (Å²) in [7, 11) is 1.55. The molecule has 2 N–H and O–H groups in total. The maximum Gasteiger partial charge on any atom is 0.245 e. The van der Waals surface area contributed by atoms with Gasteiger partial charge in [-0.2, -0.15) is 0 Å². The second-order valence-electron chi connectivity index (χ2n) is 6.43. The molecule has 0 spiro atoms. The van der Waals surface area contributed by atoms with Crippen LogP contribution in [0.2, 0.25) is 0 Å². The largest absolute Gasteiger partial charge is 0.368 e. The van der Waals surface area contributed by atoms with Crippen molar-refractivity contribution >= 4 is 17.7 Å². The maximum absolute atomic E-state index is 12.5. The van der Waals surface area contributed by atoms with Gasteiger partial charge in [0, 0.05) is 19.0 Å². The Balaban J connectivity index is 2.87. The minimum Gasteiger partial charge on any atom is -0.368 e. The lowest BCUT2D eigenvalue weighted by Gasteiger charge is -2.33. The molecule has 0 aromatic carbocycles. The molecule has 114 valence electrons. The van der Waals surface area contributed by atoms with Crippen molar-refractivity contribution in [2.24, 2.45) is 11.1 Å². The van der Waals surface area contributed by atoms with Gasteiger partial charge in [-0.1, -0.05) is 20.8 Å². The van der Waals surface area contributed by atoms with Crippen LogP contribution in [0.3, 0.4) is 0 Å². The van der Waals surface area contributed by atoms with Crippen LogP contribution in [-0.2, 0) is 14.4 Å². The molecule has 0 saturated carbocycles. The molecule has 3 amide bonds. The molecule has 6 heteroatoms. The number of nitrogens with zero attached hydrogens (tertiary/aromatic N) is 2. The van der Waals surface area contributed by atoms with E-state index >= 15 is 0 Å². The summed E-state index contributed by atoms with van der Waals surface area (Å²) in [5.41, 5.74) is 4.71. The van der Waals surface area contributed by atoms with Crippen molar-refractivity contribution in [1.82, 2.24) is 9.80 Å². The highest BCUT2D eigenvalue weighted by atomic mass is 16.2. The molecule has 0 unspecified atom stereocenters. The maximum atomic E-state index is 12.5.